The topological polar surface area (TPSA) is 79.5 Å². The Morgan fingerprint density at radius 1 is 0.833 bits per heavy atom. The first kappa shape index (κ1) is 29.3. The molecule has 3 atom stereocenters. The van der Waals surface area contributed by atoms with Gasteiger partial charge in [-0.1, -0.05) is 97.7 Å². The standard InChI is InChI=1S/C35H29Cl2NO4/c1-33(2)34(22-31(36)37,30(23-38)25-12-10-18-29(20-25)42-27-15-7-4-8-16-27)35(33,32(39)40)21-24-11-9-17-28(19-24)41-26-13-5-3-6-14-26/h3-20,22,30H,21H2,1-2H3,(H,39,40)/t30?,34-,35-/m1/s1. The number of hydrogen-bond donors (Lipinski definition) is 1. The summed E-state index contributed by atoms with van der Waals surface area (Å²) >= 11 is 12.6. The molecule has 5 nitrogen and oxygen atoms in total. The van der Waals surface area contributed by atoms with E-state index in [9.17, 15) is 15.2 Å². The lowest BCUT2D eigenvalue weighted by Gasteiger charge is -2.26. The van der Waals surface area contributed by atoms with Crippen molar-refractivity contribution in [2.45, 2.75) is 26.2 Å². The van der Waals surface area contributed by atoms with Crippen LogP contribution in [0.4, 0.5) is 0 Å². The van der Waals surface area contributed by atoms with E-state index in [1.54, 1.807) is 30.3 Å². The van der Waals surface area contributed by atoms with Crippen LogP contribution in [-0.2, 0) is 11.2 Å². The van der Waals surface area contributed by atoms with Crippen LogP contribution in [0, 0.1) is 27.6 Å². The van der Waals surface area contributed by atoms with Gasteiger partial charge >= 0.3 is 5.97 Å². The first-order valence-corrected chi connectivity index (χ1v) is 14.2. The second-order valence-corrected chi connectivity index (χ2v) is 11.9. The van der Waals surface area contributed by atoms with Crippen molar-refractivity contribution in [2.24, 2.45) is 16.2 Å². The summed E-state index contributed by atoms with van der Waals surface area (Å²) in [6.07, 6.45) is 1.67. The van der Waals surface area contributed by atoms with Crippen LogP contribution in [0.1, 0.15) is 30.9 Å². The molecule has 0 aromatic heterocycles. The maximum absolute atomic E-state index is 13.4. The zero-order valence-electron chi connectivity index (χ0n) is 23.1. The molecule has 0 heterocycles. The Hall–Kier alpha value is -4.24. The van der Waals surface area contributed by atoms with Crippen molar-refractivity contribution in [1.82, 2.24) is 0 Å². The van der Waals surface area contributed by atoms with Crippen molar-refractivity contribution in [3.63, 3.8) is 0 Å². The van der Waals surface area contributed by atoms with E-state index in [0.29, 0.717) is 28.6 Å². The molecule has 5 rings (SSSR count). The van der Waals surface area contributed by atoms with Crippen LogP contribution in [0.3, 0.4) is 0 Å². The Bertz CT molecular complexity index is 1660. The van der Waals surface area contributed by atoms with Crippen molar-refractivity contribution >= 4 is 29.2 Å². The predicted molar refractivity (Wildman–Crippen MR) is 164 cm³/mol. The van der Waals surface area contributed by atoms with Gasteiger partial charge in [0.1, 0.15) is 27.5 Å². The lowest BCUT2D eigenvalue weighted by Crippen LogP contribution is -2.29. The smallest absolute Gasteiger partial charge is 0.311 e. The molecule has 0 spiro atoms. The summed E-state index contributed by atoms with van der Waals surface area (Å²) in [7, 11) is 0. The molecule has 0 radical (unpaired) electrons. The van der Waals surface area contributed by atoms with Crippen molar-refractivity contribution in [3.05, 3.63) is 131 Å². The van der Waals surface area contributed by atoms with Crippen molar-refractivity contribution < 1.29 is 19.4 Å². The number of carboxylic acids is 1. The van der Waals surface area contributed by atoms with E-state index < -0.39 is 28.1 Å². The monoisotopic (exact) mass is 597 g/mol. The van der Waals surface area contributed by atoms with Crippen LogP contribution in [0.2, 0.25) is 0 Å². The number of ether oxygens (including phenoxy) is 2. The molecule has 1 unspecified atom stereocenters. The molecule has 0 amide bonds. The molecule has 1 saturated carbocycles. The zero-order valence-corrected chi connectivity index (χ0v) is 24.6. The number of aliphatic carboxylic acids is 1. The number of allylic oxidation sites excluding steroid dienone is 1. The molecule has 0 saturated heterocycles. The number of halogens is 2. The average molecular weight is 599 g/mol. The molecule has 4 aromatic carbocycles. The molecule has 1 aliphatic carbocycles. The minimum absolute atomic E-state index is 0.0932. The highest BCUT2D eigenvalue weighted by Crippen LogP contribution is 2.84. The van der Waals surface area contributed by atoms with Crippen LogP contribution < -0.4 is 9.47 Å². The number of carbonyl (C=O) groups is 1. The van der Waals surface area contributed by atoms with Crippen LogP contribution in [0.25, 0.3) is 0 Å². The van der Waals surface area contributed by atoms with E-state index in [1.807, 2.05) is 98.8 Å². The molecule has 42 heavy (non-hydrogen) atoms. The van der Waals surface area contributed by atoms with Crippen LogP contribution in [-0.4, -0.2) is 11.1 Å². The molecule has 212 valence electrons. The van der Waals surface area contributed by atoms with Gasteiger partial charge in [0.25, 0.3) is 0 Å². The van der Waals surface area contributed by atoms with E-state index in [4.69, 9.17) is 32.7 Å². The fraction of sp³-hybridized carbons (Fsp3) is 0.200. The van der Waals surface area contributed by atoms with E-state index >= 15 is 0 Å². The maximum atomic E-state index is 13.4. The number of rotatable bonds is 10. The van der Waals surface area contributed by atoms with Crippen molar-refractivity contribution in [3.8, 4) is 29.1 Å². The Morgan fingerprint density at radius 2 is 1.36 bits per heavy atom. The number of para-hydroxylation sites is 2. The quantitative estimate of drug-likeness (QED) is 0.197. The summed E-state index contributed by atoms with van der Waals surface area (Å²) in [4.78, 5) is 13.4. The second kappa shape index (κ2) is 11.6. The Balaban J connectivity index is 1.56. The average Bonchev–Trinajstić information content (AvgIpc) is 3.37. The van der Waals surface area contributed by atoms with Crippen LogP contribution >= 0.6 is 23.2 Å². The Labute approximate surface area is 255 Å². The van der Waals surface area contributed by atoms with Crippen LogP contribution in [0.15, 0.2) is 120 Å². The summed E-state index contributed by atoms with van der Waals surface area (Å²) in [5.41, 5.74) is -2.24. The van der Waals surface area contributed by atoms with E-state index in [2.05, 4.69) is 6.07 Å². The summed E-state index contributed by atoms with van der Waals surface area (Å²) in [6.45, 7) is 3.71. The highest BCUT2D eigenvalue weighted by atomic mass is 35.5. The minimum Gasteiger partial charge on any atom is -0.481 e. The van der Waals surface area contributed by atoms with Crippen molar-refractivity contribution in [2.75, 3.05) is 0 Å². The van der Waals surface area contributed by atoms with Crippen LogP contribution in [0.5, 0.6) is 23.0 Å². The summed E-state index contributed by atoms with van der Waals surface area (Å²) in [5, 5.41) is 21.6. The SMILES string of the molecule is CC1(C)[C@@](Cc2cccc(Oc3ccccc3)c2)(C(=O)O)[C@]1(C=C(Cl)Cl)C(C#N)c1cccc(Oc2ccccc2)c1. The molecule has 0 aliphatic heterocycles. The fourth-order valence-electron chi connectivity index (χ4n) is 6.56. The van der Waals surface area contributed by atoms with Gasteiger partial charge in [0.2, 0.25) is 0 Å². The minimum atomic E-state index is -1.42. The second-order valence-electron chi connectivity index (χ2n) is 10.9. The number of benzene rings is 4. The molecule has 4 aromatic rings. The third kappa shape index (κ3) is 5.02. The van der Waals surface area contributed by atoms with Gasteiger partial charge in [0, 0.05) is 5.41 Å². The summed E-state index contributed by atoms with van der Waals surface area (Å²) < 4.78 is 12.0. The number of carboxylic acid groups (broad SMARTS) is 1. The zero-order chi connectivity index (χ0) is 30.0. The largest absolute Gasteiger partial charge is 0.481 e. The number of hydrogen-bond acceptors (Lipinski definition) is 4. The normalized spacial score (nSPS) is 20.9. The molecular weight excluding hydrogens is 569 g/mol. The Morgan fingerprint density at radius 3 is 1.88 bits per heavy atom. The third-order valence-electron chi connectivity index (χ3n) is 8.55. The third-order valence-corrected chi connectivity index (χ3v) is 8.77. The molecule has 7 heteroatoms. The van der Waals surface area contributed by atoms with Gasteiger partial charge in [-0.05, 0) is 77.6 Å². The molecule has 1 fully saturated rings. The first-order chi connectivity index (χ1) is 20.1. The van der Waals surface area contributed by atoms with Crippen molar-refractivity contribution in [1.29, 1.82) is 5.26 Å². The lowest BCUT2D eigenvalue weighted by atomic mass is 9.75. The first-order valence-electron chi connectivity index (χ1n) is 13.5. The van der Waals surface area contributed by atoms with Gasteiger partial charge in [0.05, 0.1) is 17.4 Å². The van der Waals surface area contributed by atoms with Gasteiger partial charge < -0.3 is 14.6 Å². The van der Waals surface area contributed by atoms with Gasteiger partial charge in [-0.2, -0.15) is 5.26 Å². The van der Waals surface area contributed by atoms with Gasteiger partial charge in [-0.25, -0.2) is 0 Å². The van der Waals surface area contributed by atoms with E-state index in [0.717, 1.165) is 5.56 Å². The fourth-order valence-corrected chi connectivity index (χ4v) is 6.91. The number of nitrogens with zero attached hydrogens (tertiary/aromatic N) is 1. The summed E-state index contributed by atoms with van der Waals surface area (Å²) in [5.74, 6) is 0.481. The highest BCUT2D eigenvalue weighted by Gasteiger charge is 2.87. The molecular formula is C35H29Cl2NO4. The van der Waals surface area contributed by atoms with Gasteiger partial charge in [0.15, 0.2) is 0 Å². The summed E-state index contributed by atoms with van der Waals surface area (Å²) in [6, 6.07) is 35.6. The predicted octanol–water partition coefficient (Wildman–Crippen LogP) is 9.54. The number of nitriles is 1. The van der Waals surface area contributed by atoms with E-state index in [1.165, 1.54) is 0 Å². The van der Waals surface area contributed by atoms with E-state index in [-0.39, 0.29) is 10.9 Å². The molecule has 1 aliphatic rings. The lowest BCUT2D eigenvalue weighted by molar-refractivity contribution is -0.145. The van der Waals surface area contributed by atoms with Gasteiger partial charge in [-0.15, -0.1) is 0 Å². The molecule has 0 bridgehead atoms. The highest BCUT2D eigenvalue weighted by molar-refractivity contribution is 6.56. The maximum Gasteiger partial charge on any atom is 0.311 e. The molecule has 1 N–H and O–H groups in total. The van der Waals surface area contributed by atoms with Gasteiger partial charge in [-0.3, -0.25) is 4.79 Å². The Kier molecular flexibility index (Phi) is 8.06.